The van der Waals surface area contributed by atoms with Crippen molar-refractivity contribution in [3.8, 4) is 11.5 Å². The van der Waals surface area contributed by atoms with Gasteiger partial charge >= 0.3 is 0 Å². The number of ketones is 2. The molecular weight excluding hydrogens is 547 g/mol. The van der Waals surface area contributed by atoms with E-state index in [0.717, 1.165) is 0 Å². The molecule has 2 aromatic rings. The molecule has 0 aromatic heterocycles. The summed E-state index contributed by atoms with van der Waals surface area (Å²) >= 11 is 0. The number of carbonyl (C=O) groups is 2. The molecule has 0 radical (unpaired) electrons. The van der Waals surface area contributed by atoms with E-state index in [1.165, 1.54) is 26.0 Å². The highest BCUT2D eigenvalue weighted by Crippen LogP contribution is 2.29. The highest BCUT2D eigenvalue weighted by molar-refractivity contribution is 6.12. The summed E-state index contributed by atoms with van der Waals surface area (Å²) in [6.07, 6.45) is 0.0570. The Hall–Kier alpha value is -3.65. The van der Waals surface area contributed by atoms with Gasteiger partial charge in [0, 0.05) is 25.0 Å². The van der Waals surface area contributed by atoms with Gasteiger partial charge in [0.1, 0.15) is 11.8 Å². The molecule has 0 unspecified atom stereocenters. The van der Waals surface area contributed by atoms with E-state index in [4.69, 9.17) is 9.57 Å². The molecule has 3 rings (SSSR count). The standard InChI is InChI=1S/C9H7F5O.C9H11NO3.C8H13NO3/c1-3(2)15-9-7(13)5(11)4(10)6(12)8(9)14;1-7(2)13-9-5-3-8(4-6-9)10(11)12;1-5(2)12-9-8-6(10)3-4-7(8)11/h3H,1-2H3;3-7H,1-2H3;5,8-9H,3-4H2,1-2H3. The molecule has 2 aromatic carbocycles. The molecule has 1 aliphatic carbocycles. The molecule has 1 saturated carbocycles. The van der Waals surface area contributed by atoms with Gasteiger partial charge in [0.15, 0.2) is 17.3 Å². The number of nitro groups is 1. The first-order valence-corrected chi connectivity index (χ1v) is 12.1. The van der Waals surface area contributed by atoms with Crippen LogP contribution < -0.4 is 15.0 Å². The summed E-state index contributed by atoms with van der Waals surface area (Å²) in [5.41, 5.74) is 2.56. The number of nitrogens with zero attached hydrogens (tertiary/aromatic N) is 1. The molecule has 0 atom stereocenters. The monoisotopic (exact) mass is 578 g/mol. The van der Waals surface area contributed by atoms with Crippen LogP contribution in [-0.4, -0.2) is 40.8 Å². The van der Waals surface area contributed by atoms with Gasteiger partial charge in [-0.1, -0.05) is 0 Å². The molecule has 0 amide bonds. The Kier molecular flexibility index (Phi) is 13.6. The summed E-state index contributed by atoms with van der Waals surface area (Å²) < 4.78 is 73.4. The fourth-order valence-corrected chi connectivity index (χ4v) is 2.89. The number of benzene rings is 2. The van der Waals surface area contributed by atoms with Gasteiger partial charge < -0.3 is 9.47 Å². The van der Waals surface area contributed by atoms with Gasteiger partial charge in [-0.3, -0.25) is 24.5 Å². The second-order valence-electron chi connectivity index (χ2n) is 9.13. The van der Waals surface area contributed by atoms with Crippen LogP contribution in [-0.2, 0) is 14.4 Å². The van der Waals surface area contributed by atoms with Crippen molar-refractivity contribution in [1.29, 1.82) is 0 Å². The maximum absolute atomic E-state index is 12.9. The number of ether oxygens (including phenoxy) is 2. The molecule has 0 bridgehead atoms. The quantitative estimate of drug-likeness (QED) is 0.105. The minimum absolute atomic E-state index is 0.0220. The lowest BCUT2D eigenvalue weighted by molar-refractivity contribution is -0.384. The lowest BCUT2D eigenvalue weighted by Crippen LogP contribution is -2.39. The van der Waals surface area contributed by atoms with Gasteiger partial charge in [-0.05, 0) is 53.7 Å². The lowest BCUT2D eigenvalue weighted by Gasteiger charge is -2.12. The Morgan fingerprint density at radius 1 is 0.750 bits per heavy atom. The topological polar surface area (TPSA) is 117 Å². The summed E-state index contributed by atoms with van der Waals surface area (Å²) in [7, 11) is 0. The van der Waals surface area contributed by atoms with Crippen molar-refractivity contribution in [1.82, 2.24) is 5.48 Å². The highest BCUT2D eigenvalue weighted by atomic mass is 19.2. The molecular formula is C26H31F5N2O7. The molecule has 40 heavy (non-hydrogen) atoms. The van der Waals surface area contributed by atoms with Crippen LogP contribution in [0, 0.1) is 39.2 Å². The fraction of sp³-hybridized carbons (Fsp3) is 0.462. The van der Waals surface area contributed by atoms with E-state index >= 15 is 0 Å². The number of rotatable bonds is 8. The number of carbonyl (C=O) groups excluding carboxylic acids is 2. The predicted molar refractivity (Wildman–Crippen MR) is 133 cm³/mol. The van der Waals surface area contributed by atoms with Crippen molar-refractivity contribution in [3.05, 3.63) is 63.5 Å². The second kappa shape index (κ2) is 15.8. The summed E-state index contributed by atoms with van der Waals surface area (Å²) in [5, 5.41) is 10.3. The van der Waals surface area contributed by atoms with Gasteiger partial charge in [0.05, 0.1) is 23.2 Å². The average Bonchev–Trinajstić information content (AvgIpc) is 3.20. The van der Waals surface area contributed by atoms with Crippen LogP contribution in [0.25, 0.3) is 0 Å². The summed E-state index contributed by atoms with van der Waals surface area (Å²) in [6, 6.07) is 5.33. The van der Waals surface area contributed by atoms with Crippen molar-refractivity contribution in [2.24, 2.45) is 0 Å². The van der Waals surface area contributed by atoms with Gasteiger partial charge in [-0.25, -0.2) is 13.2 Å². The molecule has 222 valence electrons. The minimum Gasteiger partial charge on any atom is -0.491 e. The Balaban J connectivity index is 0.000000302. The van der Waals surface area contributed by atoms with Crippen LogP contribution in [0.2, 0.25) is 0 Å². The lowest BCUT2D eigenvalue weighted by atomic mass is 10.2. The molecule has 0 saturated heterocycles. The van der Waals surface area contributed by atoms with Crippen molar-refractivity contribution < 1.29 is 50.8 Å². The number of hydroxylamine groups is 1. The zero-order valence-corrected chi connectivity index (χ0v) is 22.7. The number of Topliss-reactive ketones (excluding diaryl/α,β-unsaturated/α-hetero) is 2. The minimum atomic E-state index is -2.19. The first-order valence-electron chi connectivity index (χ1n) is 12.1. The van der Waals surface area contributed by atoms with Gasteiger partial charge in [0.25, 0.3) is 5.69 Å². The van der Waals surface area contributed by atoms with Gasteiger partial charge in [-0.15, -0.1) is 0 Å². The molecule has 1 N–H and O–H groups in total. The molecule has 1 aliphatic rings. The SMILES string of the molecule is CC(C)ONC1C(=O)CCC1=O.CC(C)Oc1c(F)c(F)c(F)c(F)c1F.CC(C)Oc1ccc([N+](=O)[O-])cc1. The Bertz CT molecular complexity index is 1130. The molecule has 0 aliphatic heterocycles. The molecule has 1 fully saturated rings. The number of halogens is 5. The third-order valence-corrected chi connectivity index (χ3v) is 4.63. The van der Waals surface area contributed by atoms with E-state index in [0.29, 0.717) is 18.6 Å². The van der Waals surface area contributed by atoms with Crippen LogP contribution in [0.15, 0.2) is 24.3 Å². The number of nitro benzene ring substituents is 1. The first-order chi connectivity index (χ1) is 18.6. The van der Waals surface area contributed by atoms with E-state index < -0.39 is 51.9 Å². The summed E-state index contributed by atoms with van der Waals surface area (Å²) in [5.74, 6) is -10.9. The van der Waals surface area contributed by atoms with Crippen LogP contribution >= 0.6 is 0 Å². The van der Waals surface area contributed by atoms with E-state index in [9.17, 15) is 41.7 Å². The maximum atomic E-state index is 12.9. The zero-order valence-electron chi connectivity index (χ0n) is 22.7. The molecule has 0 heterocycles. The maximum Gasteiger partial charge on any atom is 0.269 e. The number of non-ortho nitro benzene ring substituents is 1. The van der Waals surface area contributed by atoms with E-state index in [-0.39, 0.29) is 29.5 Å². The second-order valence-corrected chi connectivity index (χ2v) is 9.13. The van der Waals surface area contributed by atoms with E-state index in [2.05, 4.69) is 10.2 Å². The van der Waals surface area contributed by atoms with Crippen LogP contribution in [0.3, 0.4) is 0 Å². The molecule has 9 nitrogen and oxygen atoms in total. The van der Waals surface area contributed by atoms with Crippen molar-refractivity contribution in [2.45, 2.75) is 78.7 Å². The van der Waals surface area contributed by atoms with Crippen molar-refractivity contribution >= 4 is 17.3 Å². The van der Waals surface area contributed by atoms with Crippen LogP contribution in [0.4, 0.5) is 27.6 Å². The number of nitrogens with one attached hydrogen (secondary N) is 1. The smallest absolute Gasteiger partial charge is 0.269 e. The Labute approximate surface area is 227 Å². The van der Waals surface area contributed by atoms with E-state index in [1.54, 1.807) is 12.1 Å². The first kappa shape index (κ1) is 34.4. The fourth-order valence-electron chi connectivity index (χ4n) is 2.89. The number of hydrogen-bond acceptors (Lipinski definition) is 8. The van der Waals surface area contributed by atoms with Crippen LogP contribution in [0.1, 0.15) is 54.4 Å². The predicted octanol–water partition coefficient (Wildman–Crippen LogP) is 5.77. The van der Waals surface area contributed by atoms with Crippen molar-refractivity contribution in [2.75, 3.05) is 0 Å². The number of hydrogen-bond donors (Lipinski definition) is 1. The molecule has 0 spiro atoms. The third kappa shape index (κ3) is 10.5. The van der Waals surface area contributed by atoms with E-state index in [1.807, 2.05) is 27.7 Å². The summed E-state index contributed by atoms with van der Waals surface area (Å²) in [4.78, 5) is 36.9. The van der Waals surface area contributed by atoms with Crippen LogP contribution in [0.5, 0.6) is 11.5 Å². The molecule has 14 heteroatoms. The average molecular weight is 579 g/mol. The van der Waals surface area contributed by atoms with Crippen molar-refractivity contribution in [3.63, 3.8) is 0 Å². The summed E-state index contributed by atoms with van der Waals surface area (Å²) in [6.45, 7) is 10.3. The third-order valence-electron chi connectivity index (χ3n) is 4.63. The van der Waals surface area contributed by atoms with Gasteiger partial charge in [-0.2, -0.15) is 14.3 Å². The largest absolute Gasteiger partial charge is 0.491 e. The normalized spacial score (nSPS) is 13.2. The highest BCUT2D eigenvalue weighted by Gasteiger charge is 2.33. The zero-order chi connectivity index (χ0) is 30.7. The Morgan fingerprint density at radius 3 is 1.55 bits per heavy atom. The van der Waals surface area contributed by atoms with Gasteiger partial charge in [0.2, 0.25) is 29.1 Å². The Morgan fingerprint density at radius 2 is 1.18 bits per heavy atom.